The summed E-state index contributed by atoms with van der Waals surface area (Å²) in [4.78, 5) is 4.32. The third kappa shape index (κ3) is 5.72. The topological polar surface area (TPSA) is 12.4 Å². The minimum absolute atomic E-state index is 0.425. The third-order valence-corrected chi connectivity index (χ3v) is 6.04. The number of unbranched alkanes of at least 4 members (excludes halogenated alkanes) is 1. The smallest absolute Gasteiger partial charge is 0.0302 e. The molecule has 0 spiro atoms. The number of allylic oxidation sites excluding steroid dienone is 5. The molecule has 1 nitrogen and oxygen atoms in total. The average Bonchev–Trinajstić information content (AvgIpc) is 2.31. The van der Waals surface area contributed by atoms with Crippen molar-refractivity contribution < 1.29 is 0 Å². The van der Waals surface area contributed by atoms with Crippen LogP contribution in [0.1, 0.15) is 33.1 Å². The van der Waals surface area contributed by atoms with Crippen LogP contribution in [0.4, 0.5) is 0 Å². The van der Waals surface area contributed by atoms with E-state index in [2.05, 4.69) is 43.5 Å². The molecular formula is C16H27NS. The summed E-state index contributed by atoms with van der Waals surface area (Å²) < 4.78 is 0. The molecule has 0 radical (unpaired) electrons. The number of nitrogens with zero attached hydrogens (tertiary/aromatic N) is 1. The third-order valence-electron chi connectivity index (χ3n) is 3.34. The zero-order chi connectivity index (χ0) is 13.4. The second-order valence-electron chi connectivity index (χ2n) is 5.47. The lowest BCUT2D eigenvalue weighted by Gasteiger charge is -2.31. The van der Waals surface area contributed by atoms with Crippen molar-refractivity contribution in [3.8, 4) is 0 Å². The maximum atomic E-state index is 4.32. The van der Waals surface area contributed by atoms with E-state index in [9.17, 15) is 0 Å². The van der Waals surface area contributed by atoms with Crippen molar-refractivity contribution >= 4 is 16.2 Å². The first kappa shape index (κ1) is 15.3. The van der Waals surface area contributed by atoms with Gasteiger partial charge in [-0.1, -0.05) is 25.5 Å². The zero-order valence-corrected chi connectivity index (χ0v) is 13.1. The first-order valence-electron chi connectivity index (χ1n) is 6.80. The molecule has 0 unspecified atom stereocenters. The van der Waals surface area contributed by atoms with Crippen LogP contribution in [0.25, 0.3) is 0 Å². The van der Waals surface area contributed by atoms with Crippen LogP contribution >= 0.6 is 10.0 Å². The first-order chi connectivity index (χ1) is 8.55. The van der Waals surface area contributed by atoms with Gasteiger partial charge in [-0.3, -0.25) is 4.99 Å². The van der Waals surface area contributed by atoms with Crippen LogP contribution in [0.5, 0.6) is 0 Å². The van der Waals surface area contributed by atoms with E-state index in [0.717, 1.165) is 0 Å². The molecule has 2 heteroatoms. The molecule has 1 rings (SSSR count). The van der Waals surface area contributed by atoms with E-state index in [1.165, 1.54) is 41.9 Å². The zero-order valence-electron chi connectivity index (χ0n) is 12.3. The van der Waals surface area contributed by atoms with Gasteiger partial charge in [-0.25, -0.2) is 10.0 Å². The Morgan fingerprint density at radius 3 is 2.67 bits per heavy atom. The quantitative estimate of drug-likeness (QED) is 0.659. The van der Waals surface area contributed by atoms with Gasteiger partial charge in [-0.05, 0) is 61.0 Å². The predicted octanol–water partition coefficient (Wildman–Crippen LogP) is 4.71. The van der Waals surface area contributed by atoms with E-state index in [4.69, 9.17) is 0 Å². The van der Waals surface area contributed by atoms with Crippen LogP contribution in [-0.2, 0) is 0 Å². The van der Waals surface area contributed by atoms with Gasteiger partial charge in [0.2, 0.25) is 0 Å². The summed E-state index contributed by atoms with van der Waals surface area (Å²) in [6, 6.07) is 0. The molecule has 0 aromatic carbocycles. The Labute approximate surface area is 114 Å². The minimum atomic E-state index is -0.425. The molecule has 1 aliphatic heterocycles. The van der Waals surface area contributed by atoms with Gasteiger partial charge >= 0.3 is 0 Å². The normalized spacial score (nSPS) is 18.7. The maximum absolute atomic E-state index is 4.32. The fraction of sp³-hybridized carbons (Fsp3) is 0.562. The molecule has 0 atom stereocenters. The van der Waals surface area contributed by atoms with Gasteiger partial charge in [0.1, 0.15) is 0 Å². The molecule has 18 heavy (non-hydrogen) atoms. The predicted molar refractivity (Wildman–Crippen MR) is 88.2 cm³/mol. The lowest BCUT2D eigenvalue weighted by molar-refractivity contribution is 0.890. The van der Waals surface area contributed by atoms with E-state index >= 15 is 0 Å². The molecule has 0 amide bonds. The van der Waals surface area contributed by atoms with Gasteiger partial charge in [0.25, 0.3) is 0 Å². The molecule has 0 bridgehead atoms. The molecule has 0 aliphatic carbocycles. The van der Waals surface area contributed by atoms with Gasteiger partial charge < -0.3 is 0 Å². The van der Waals surface area contributed by atoms with Crippen LogP contribution in [0.15, 0.2) is 40.6 Å². The van der Waals surface area contributed by atoms with Gasteiger partial charge in [0.15, 0.2) is 0 Å². The highest BCUT2D eigenvalue weighted by Gasteiger charge is 2.12. The molecule has 1 heterocycles. The highest BCUT2D eigenvalue weighted by molar-refractivity contribution is 8.32. The van der Waals surface area contributed by atoms with E-state index in [-0.39, 0.29) is 0 Å². The Morgan fingerprint density at radius 1 is 1.17 bits per heavy atom. The molecule has 1 aliphatic rings. The average molecular weight is 265 g/mol. The Bertz CT molecular complexity index is 373. The summed E-state index contributed by atoms with van der Waals surface area (Å²) in [5, 5.41) is 0. The summed E-state index contributed by atoms with van der Waals surface area (Å²) in [6.07, 6.45) is 18.9. The fourth-order valence-corrected chi connectivity index (χ4v) is 3.97. The second kappa shape index (κ2) is 7.63. The minimum Gasteiger partial charge on any atom is -0.264 e. The number of hydrogen-bond donors (Lipinski definition) is 0. The van der Waals surface area contributed by atoms with Crippen molar-refractivity contribution in [3.05, 3.63) is 35.6 Å². The monoisotopic (exact) mass is 265 g/mol. The molecule has 102 valence electrons. The van der Waals surface area contributed by atoms with Gasteiger partial charge in [0, 0.05) is 12.4 Å². The second-order valence-corrected chi connectivity index (χ2v) is 9.82. The fourth-order valence-electron chi connectivity index (χ4n) is 1.93. The summed E-state index contributed by atoms with van der Waals surface area (Å²) in [7, 11) is -0.425. The van der Waals surface area contributed by atoms with Crippen molar-refractivity contribution in [1.82, 2.24) is 0 Å². The first-order valence-corrected chi connectivity index (χ1v) is 9.59. The Hall–Kier alpha value is -0.760. The molecule has 0 N–H and O–H groups in total. The van der Waals surface area contributed by atoms with Crippen LogP contribution < -0.4 is 0 Å². The number of hydrogen-bond acceptors (Lipinski definition) is 1. The molecule has 0 aromatic rings. The van der Waals surface area contributed by atoms with Gasteiger partial charge in [-0.15, -0.1) is 0 Å². The molecule has 0 fully saturated rings. The van der Waals surface area contributed by atoms with E-state index in [1.54, 1.807) is 0 Å². The molecule has 0 aromatic heterocycles. The Balaban J connectivity index is 2.56. The summed E-state index contributed by atoms with van der Waals surface area (Å²) in [6.45, 7) is 4.46. The maximum Gasteiger partial charge on any atom is 0.0302 e. The van der Waals surface area contributed by atoms with E-state index < -0.39 is 10.0 Å². The standard InChI is InChI=1S/C16H27NS/c1-5-6-12-18(3,4)13-10-16-14-17-11-8-7-9-15(16)2/h7-9,11,14H,5-6,10,12-13H2,1-4H3/b8-7-,9-7?,11-8?,15-9?,16-14?,16-15?,17-11?,17-14?. The van der Waals surface area contributed by atoms with Gasteiger partial charge in [-0.2, -0.15) is 0 Å². The molecule has 0 saturated carbocycles. The van der Waals surface area contributed by atoms with Crippen LogP contribution in [0, 0.1) is 0 Å². The molecule has 0 saturated heterocycles. The van der Waals surface area contributed by atoms with E-state index in [0.29, 0.717) is 0 Å². The SMILES string of the molecule is CCCCS(C)(C)CCC1=CN=C/C=C\C=C1C. The summed E-state index contributed by atoms with van der Waals surface area (Å²) in [5.41, 5.74) is 2.75. The van der Waals surface area contributed by atoms with Crippen molar-refractivity contribution in [3.63, 3.8) is 0 Å². The van der Waals surface area contributed by atoms with Crippen molar-refractivity contribution in [2.24, 2.45) is 4.99 Å². The highest BCUT2D eigenvalue weighted by Crippen LogP contribution is 2.42. The Morgan fingerprint density at radius 2 is 1.94 bits per heavy atom. The summed E-state index contributed by atoms with van der Waals surface area (Å²) in [5.74, 6) is 2.73. The van der Waals surface area contributed by atoms with Crippen molar-refractivity contribution in [2.45, 2.75) is 33.1 Å². The Kier molecular flexibility index (Phi) is 6.48. The van der Waals surface area contributed by atoms with E-state index in [1.807, 2.05) is 18.5 Å². The lowest BCUT2D eigenvalue weighted by atomic mass is 10.1. The van der Waals surface area contributed by atoms with Gasteiger partial charge in [0.05, 0.1) is 0 Å². The molecular weight excluding hydrogens is 238 g/mol. The van der Waals surface area contributed by atoms with Crippen molar-refractivity contribution in [2.75, 3.05) is 24.0 Å². The highest BCUT2D eigenvalue weighted by atomic mass is 32.3. The number of aliphatic imine (C=N–C) groups is 1. The van der Waals surface area contributed by atoms with Crippen LogP contribution in [0.2, 0.25) is 0 Å². The lowest BCUT2D eigenvalue weighted by Crippen LogP contribution is -2.07. The largest absolute Gasteiger partial charge is 0.264 e. The van der Waals surface area contributed by atoms with Crippen LogP contribution in [0.3, 0.4) is 0 Å². The summed E-state index contributed by atoms with van der Waals surface area (Å²) >= 11 is 0. The number of rotatable bonds is 6. The van der Waals surface area contributed by atoms with Crippen LogP contribution in [-0.4, -0.2) is 30.2 Å². The van der Waals surface area contributed by atoms with Crippen molar-refractivity contribution in [1.29, 1.82) is 0 Å².